The fourth-order valence-electron chi connectivity index (χ4n) is 2.77. The van der Waals surface area contributed by atoms with Gasteiger partial charge in [-0.1, -0.05) is 6.07 Å². The van der Waals surface area contributed by atoms with Crippen LogP contribution in [-0.4, -0.2) is 41.0 Å². The zero-order valence-electron chi connectivity index (χ0n) is 13.8. The number of hydrogen-bond acceptors (Lipinski definition) is 3. The summed E-state index contributed by atoms with van der Waals surface area (Å²) in [6.45, 7) is 7.23. The summed E-state index contributed by atoms with van der Waals surface area (Å²) in [4.78, 5) is 25.4. The van der Waals surface area contributed by atoms with Crippen LogP contribution in [0, 0.1) is 19.8 Å². The van der Waals surface area contributed by atoms with Crippen molar-refractivity contribution in [2.75, 3.05) is 18.4 Å². The Labute approximate surface area is 143 Å². The molecule has 128 valence electrons. The number of nitrogens with zero attached hydrogens (tertiary/aromatic N) is 1. The van der Waals surface area contributed by atoms with Crippen molar-refractivity contribution in [2.24, 2.45) is 5.92 Å². The smallest absolute Gasteiger partial charge is 0.306 e. The number of likely N-dealkylation sites (tertiary alicyclic amines) is 1. The largest absolute Gasteiger partial charge is 0.481 e. The van der Waals surface area contributed by atoms with Crippen LogP contribution in [0.3, 0.4) is 0 Å². The monoisotopic (exact) mass is 340 g/mol. The zero-order valence-corrected chi connectivity index (χ0v) is 14.7. The van der Waals surface area contributed by atoms with Crippen molar-refractivity contribution in [3.05, 3.63) is 29.3 Å². The van der Waals surface area contributed by atoms with Crippen molar-refractivity contribution in [3.63, 3.8) is 0 Å². The van der Waals surface area contributed by atoms with Crippen molar-refractivity contribution in [1.82, 2.24) is 4.90 Å². The Morgan fingerprint density at radius 1 is 1.22 bits per heavy atom. The lowest BCUT2D eigenvalue weighted by Gasteiger charge is -2.33. The first kappa shape index (κ1) is 19.5. The average Bonchev–Trinajstić information content (AvgIpc) is 2.50. The first-order chi connectivity index (χ1) is 10.4. The number of amides is 1. The summed E-state index contributed by atoms with van der Waals surface area (Å²) in [5, 5.41) is 12.0. The molecule has 1 aliphatic rings. The fourth-order valence-corrected chi connectivity index (χ4v) is 2.77. The topological polar surface area (TPSA) is 69.6 Å². The number of nitrogens with one attached hydrogen (secondary N) is 1. The molecule has 2 rings (SSSR count). The minimum absolute atomic E-state index is 0. The predicted octanol–water partition coefficient (Wildman–Crippen LogP) is 2.85. The lowest BCUT2D eigenvalue weighted by Crippen LogP contribution is -2.46. The molecular weight excluding hydrogens is 316 g/mol. The van der Waals surface area contributed by atoms with Gasteiger partial charge in [0.05, 0.1) is 12.0 Å². The zero-order chi connectivity index (χ0) is 16.3. The van der Waals surface area contributed by atoms with E-state index < -0.39 is 5.97 Å². The minimum atomic E-state index is -0.730. The Morgan fingerprint density at radius 3 is 2.35 bits per heavy atom. The van der Waals surface area contributed by atoms with Gasteiger partial charge in [-0.05, 0) is 70.0 Å². The van der Waals surface area contributed by atoms with E-state index >= 15 is 0 Å². The number of piperidine rings is 1. The quantitative estimate of drug-likeness (QED) is 0.884. The third kappa shape index (κ3) is 4.94. The number of halogens is 1. The molecule has 6 heteroatoms. The molecule has 5 nitrogen and oxygen atoms in total. The van der Waals surface area contributed by atoms with Gasteiger partial charge in [-0.3, -0.25) is 14.5 Å². The highest BCUT2D eigenvalue weighted by Gasteiger charge is 2.29. The van der Waals surface area contributed by atoms with E-state index in [1.165, 1.54) is 5.56 Å². The molecule has 1 unspecified atom stereocenters. The highest BCUT2D eigenvalue weighted by Crippen LogP contribution is 2.20. The number of carboxylic acids is 1. The van der Waals surface area contributed by atoms with Crippen LogP contribution in [0.4, 0.5) is 5.69 Å². The van der Waals surface area contributed by atoms with Gasteiger partial charge in [0.1, 0.15) is 0 Å². The number of anilines is 1. The van der Waals surface area contributed by atoms with Gasteiger partial charge in [-0.2, -0.15) is 0 Å². The number of benzene rings is 1. The Kier molecular flexibility index (Phi) is 7.03. The number of carbonyl (C=O) groups excluding carboxylic acids is 1. The van der Waals surface area contributed by atoms with E-state index in [1.54, 1.807) is 0 Å². The fraction of sp³-hybridized carbons (Fsp3) is 0.529. The minimum Gasteiger partial charge on any atom is -0.481 e. The number of aliphatic carboxylic acids is 1. The second-order valence-corrected chi connectivity index (χ2v) is 6.11. The Morgan fingerprint density at radius 2 is 1.83 bits per heavy atom. The summed E-state index contributed by atoms with van der Waals surface area (Å²) in [5.41, 5.74) is 3.15. The summed E-state index contributed by atoms with van der Waals surface area (Å²) in [5.74, 6) is -1.05. The molecule has 0 aromatic heterocycles. The van der Waals surface area contributed by atoms with E-state index in [-0.39, 0.29) is 30.3 Å². The van der Waals surface area contributed by atoms with Crippen molar-refractivity contribution in [1.29, 1.82) is 0 Å². The SMILES string of the molecule is Cc1ccc(NC(=O)C(C)N2CCC(C(=O)O)CC2)cc1C.Cl. The lowest BCUT2D eigenvalue weighted by molar-refractivity contribution is -0.143. The van der Waals surface area contributed by atoms with Crippen molar-refractivity contribution in [3.8, 4) is 0 Å². The number of rotatable bonds is 4. The molecule has 1 fully saturated rings. The number of aryl methyl sites for hydroxylation is 2. The molecule has 2 N–H and O–H groups in total. The van der Waals surface area contributed by atoms with Gasteiger partial charge in [0, 0.05) is 5.69 Å². The van der Waals surface area contributed by atoms with Crippen molar-refractivity contribution < 1.29 is 14.7 Å². The highest BCUT2D eigenvalue weighted by molar-refractivity contribution is 5.94. The van der Waals surface area contributed by atoms with Gasteiger partial charge < -0.3 is 10.4 Å². The van der Waals surface area contributed by atoms with E-state index in [1.807, 2.05) is 39.0 Å². The third-order valence-electron chi connectivity index (χ3n) is 4.58. The molecule has 0 bridgehead atoms. The van der Waals surface area contributed by atoms with Gasteiger partial charge >= 0.3 is 5.97 Å². The van der Waals surface area contributed by atoms with Crippen molar-refractivity contribution in [2.45, 2.75) is 39.7 Å². The second-order valence-electron chi connectivity index (χ2n) is 6.11. The maximum absolute atomic E-state index is 12.4. The van der Waals surface area contributed by atoms with Crippen LogP contribution in [0.15, 0.2) is 18.2 Å². The molecule has 1 aromatic carbocycles. The van der Waals surface area contributed by atoms with E-state index in [4.69, 9.17) is 5.11 Å². The standard InChI is InChI=1S/C17H24N2O3.ClH/c1-11-4-5-15(10-12(11)2)18-16(20)13(3)19-8-6-14(7-9-19)17(21)22;/h4-5,10,13-14H,6-9H2,1-3H3,(H,18,20)(H,21,22);1H. The first-order valence-corrected chi connectivity index (χ1v) is 7.73. The molecule has 0 radical (unpaired) electrons. The van der Waals surface area contributed by atoms with Crippen LogP contribution < -0.4 is 5.32 Å². The Hall–Kier alpha value is -1.59. The van der Waals surface area contributed by atoms with E-state index in [2.05, 4.69) is 10.2 Å². The average molecular weight is 341 g/mol. The molecule has 1 amide bonds. The molecule has 23 heavy (non-hydrogen) atoms. The number of carboxylic acid groups (broad SMARTS) is 1. The van der Waals surface area contributed by atoms with Gasteiger partial charge in [0.25, 0.3) is 0 Å². The molecule has 0 aliphatic carbocycles. The van der Waals surface area contributed by atoms with Crippen LogP contribution in [0.5, 0.6) is 0 Å². The summed E-state index contributed by atoms with van der Waals surface area (Å²) in [7, 11) is 0. The van der Waals surface area contributed by atoms with Gasteiger partial charge in [-0.15, -0.1) is 12.4 Å². The lowest BCUT2D eigenvalue weighted by atomic mass is 9.96. The predicted molar refractivity (Wildman–Crippen MR) is 93.2 cm³/mol. The van der Waals surface area contributed by atoms with E-state index in [0.717, 1.165) is 11.3 Å². The van der Waals surface area contributed by atoms with Gasteiger partial charge in [0.2, 0.25) is 5.91 Å². The Balaban J connectivity index is 0.00000264. The number of hydrogen-bond donors (Lipinski definition) is 2. The van der Waals surface area contributed by atoms with E-state index in [0.29, 0.717) is 25.9 Å². The van der Waals surface area contributed by atoms with Crippen LogP contribution in [-0.2, 0) is 9.59 Å². The van der Waals surface area contributed by atoms with Crippen molar-refractivity contribution >= 4 is 30.0 Å². The van der Waals surface area contributed by atoms with Crippen LogP contribution >= 0.6 is 12.4 Å². The second kappa shape index (κ2) is 8.31. The molecule has 0 spiro atoms. The van der Waals surface area contributed by atoms with Crippen LogP contribution in [0.25, 0.3) is 0 Å². The highest BCUT2D eigenvalue weighted by atomic mass is 35.5. The summed E-state index contributed by atoms with van der Waals surface area (Å²) < 4.78 is 0. The molecule has 1 saturated heterocycles. The summed E-state index contributed by atoms with van der Waals surface area (Å²) in [6, 6.07) is 5.62. The first-order valence-electron chi connectivity index (χ1n) is 7.73. The van der Waals surface area contributed by atoms with E-state index in [9.17, 15) is 9.59 Å². The molecule has 1 aliphatic heterocycles. The molecule has 1 atom stereocenters. The number of carbonyl (C=O) groups is 2. The molecule has 1 heterocycles. The van der Waals surface area contributed by atoms with Crippen LogP contribution in [0.2, 0.25) is 0 Å². The normalized spacial score (nSPS) is 17.2. The molecule has 1 aromatic rings. The third-order valence-corrected chi connectivity index (χ3v) is 4.58. The molecular formula is C17H25ClN2O3. The summed E-state index contributed by atoms with van der Waals surface area (Å²) >= 11 is 0. The summed E-state index contributed by atoms with van der Waals surface area (Å²) in [6.07, 6.45) is 1.22. The maximum Gasteiger partial charge on any atom is 0.306 e. The molecule has 0 saturated carbocycles. The maximum atomic E-state index is 12.4. The van der Waals surface area contributed by atoms with Gasteiger partial charge in [-0.25, -0.2) is 0 Å². The Bertz CT molecular complexity index is 569. The van der Waals surface area contributed by atoms with Crippen LogP contribution in [0.1, 0.15) is 30.9 Å². The van der Waals surface area contributed by atoms with Gasteiger partial charge in [0.15, 0.2) is 0 Å².